The molecule has 0 spiro atoms. The van der Waals surface area contributed by atoms with E-state index in [1.54, 1.807) is 22.9 Å². The van der Waals surface area contributed by atoms with E-state index in [0.717, 1.165) is 51.9 Å². The number of thiazole rings is 3. The molecule has 5 rings (SSSR count). The van der Waals surface area contributed by atoms with Crippen LogP contribution in [0.15, 0.2) is 33.7 Å². The summed E-state index contributed by atoms with van der Waals surface area (Å²) in [4.78, 5) is 114. The molecular weight excluding hydrogens is 1140 g/mol. The molecule has 0 aliphatic carbocycles. The summed E-state index contributed by atoms with van der Waals surface area (Å²) >= 11 is 5.40. The number of hydrogen-bond acceptors (Lipinski definition) is 24. The first-order valence-corrected chi connectivity index (χ1v) is 30.2. The van der Waals surface area contributed by atoms with E-state index in [4.69, 9.17) is 33.7 Å². The number of carbonyl (C=O) groups is 7. The summed E-state index contributed by atoms with van der Waals surface area (Å²) in [5.74, 6) is -6.35. The Bertz CT molecular complexity index is 2880. The Morgan fingerprint density at radius 3 is 2.05 bits per heavy atom. The van der Waals surface area contributed by atoms with Crippen LogP contribution in [-0.2, 0) is 36.8 Å². The third-order valence-electron chi connectivity index (χ3n) is 12.8. The molecule has 5 aromatic rings. The lowest BCUT2D eigenvalue weighted by Crippen LogP contribution is -2.57. The van der Waals surface area contributed by atoms with Gasteiger partial charge in [0.15, 0.2) is 0 Å². The molecule has 31 heteroatoms. The highest BCUT2D eigenvalue weighted by Crippen LogP contribution is 2.31. The number of aliphatic hydroxyl groups is 2. The topological polar surface area (TPSA) is 451 Å². The van der Waals surface area contributed by atoms with Crippen LogP contribution in [-0.4, -0.2) is 165 Å². The van der Waals surface area contributed by atoms with Crippen molar-refractivity contribution >= 4 is 92.5 Å². The highest BCUT2D eigenvalue weighted by atomic mass is 32.1. The number of primary amides is 2. The number of nitrogens with one attached hydrogen (secondary N) is 8. The normalized spacial score (nSPS) is 14.3. The number of amides is 7. The van der Waals surface area contributed by atoms with Gasteiger partial charge < -0.3 is 81.4 Å². The number of nitrogen functional groups attached to an aromatic ring is 1. The third kappa shape index (κ3) is 20.7. The van der Waals surface area contributed by atoms with Crippen molar-refractivity contribution in [2.45, 2.75) is 115 Å². The quantitative estimate of drug-likeness (QED) is 0.0211. The van der Waals surface area contributed by atoms with Crippen molar-refractivity contribution < 1.29 is 43.8 Å². The maximum absolute atomic E-state index is 14.0. The van der Waals surface area contributed by atoms with Gasteiger partial charge in [-0.1, -0.05) is 13.0 Å². The molecule has 5 heterocycles. The van der Waals surface area contributed by atoms with Crippen molar-refractivity contribution in [3.8, 4) is 21.4 Å². The largest absolute Gasteiger partial charge is 0.391 e. The zero-order valence-corrected chi connectivity index (χ0v) is 49.5. The van der Waals surface area contributed by atoms with E-state index in [2.05, 4.69) is 62.5 Å². The number of nitrogens with zero attached hydrogens (tertiary/aromatic N) is 5. The van der Waals surface area contributed by atoms with Crippen molar-refractivity contribution in [3.05, 3.63) is 66.3 Å². The van der Waals surface area contributed by atoms with Crippen LogP contribution in [0.3, 0.4) is 0 Å². The molecule has 448 valence electrons. The SMILES string of the molecule is Cc1c(N)nc([C@H](CC(N)=O)NC[C@H](N)C(N)=O)nc1C(=O)N[C@@H](Cc1cccs1)C(=O)N[C@H](C)[C@@H](O)[C@H](C)C(=O)N[C@H](C(=O)NCCc1nc(-c2nc(-c3nc(C(=O)NCCCNCCCCNCCCN)cs3)cs2)cs1)[C@@H](C)O. The van der Waals surface area contributed by atoms with Crippen molar-refractivity contribution in [2.75, 3.05) is 58.1 Å². The van der Waals surface area contributed by atoms with Gasteiger partial charge >= 0.3 is 0 Å². The fourth-order valence-electron chi connectivity index (χ4n) is 7.90. The summed E-state index contributed by atoms with van der Waals surface area (Å²) in [7, 11) is 0. The lowest BCUT2D eigenvalue weighted by atomic mass is 9.96. The molecule has 0 radical (unpaired) electrons. The van der Waals surface area contributed by atoms with E-state index < -0.39 is 83.8 Å². The molecule has 7 amide bonds. The van der Waals surface area contributed by atoms with Gasteiger partial charge in [-0.05, 0) is 90.6 Å². The first-order chi connectivity index (χ1) is 39.2. The van der Waals surface area contributed by atoms with E-state index in [0.29, 0.717) is 56.5 Å². The molecule has 0 bridgehead atoms. The van der Waals surface area contributed by atoms with Crippen LogP contribution in [0.2, 0.25) is 0 Å². The molecular formula is C51H76N18O9S4. The Morgan fingerprint density at radius 1 is 0.707 bits per heavy atom. The van der Waals surface area contributed by atoms with Crippen LogP contribution < -0.4 is 71.2 Å². The molecule has 0 aromatic carbocycles. The van der Waals surface area contributed by atoms with Gasteiger partial charge in [0.25, 0.3) is 11.8 Å². The van der Waals surface area contributed by atoms with E-state index in [1.807, 2.05) is 10.8 Å². The number of thiophene rings is 1. The second-order valence-corrected chi connectivity index (χ2v) is 23.1. The molecule has 0 aliphatic heterocycles. The molecule has 0 unspecified atom stereocenters. The summed E-state index contributed by atoms with van der Waals surface area (Å²) in [5.41, 5.74) is 29.7. The Balaban J connectivity index is 1.10. The second kappa shape index (κ2) is 33.6. The van der Waals surface area contributed by atoms with Crippen molar-refractivity contribution in [2.24, 2.45) is 28.9 Å². The molecule has 27 nitrogen and oxygen atoms in total. The summed E-state index contributed by atoms with van der Waals surface area (Å²) in [6.45, 7) is 10.4. The van der Waals surface area contributed by atoms with Crippen LogP contribution in [0.1, 0.15) is 101 Å². The van der Waals surface area contributed by atoms with Gasteiger partial charge in [0.2, 0.25) is 29.5 Å². The van der Waals surface area contributed by atoms with Gasteiger partial charge in [-0.2, -0.15) is 0 Å². The highest BCUT2D eigenvalue weighted by molar-refractivity contribution is 7.16. The predicted octanol–water partition coefficient (Wildman–Crippen LogP) is -1.05. The van der Waals surface area contributed by atoms with E-state index in [1.165, 1.54) is 73.0 Å². The van der Waals surface area contributed by atoms with Gasteiger partial charge in [0.05, 0.1) is 41.3 Å². The lowest BCUT2D eigenvalue weighted by Gasteiger charge is -2.29. The summed E-state index contributed by atoms with van der Waals surface area (Å²) in [5, 5.41) is 54.3. The molecule has 0 saturated heterocycles. The Morgan fingerprint density at radius 2 is 1.38 bits per heavy atom. The van der Waals surface area contributed by atoms with Crippen molar-refractivity contribution in [1.82, 2.24) is 67.5 Å². The standard InChI is InChI=1S/C51H76N18O9S4/c1-26-39(67-44(69-42(26)55)32(21-37(54)71)61-22-31(53)43(56)73)49(78)64-33(20-30-10-7-19-79-30)47(76)62-28(3)41(72)27(2)45(74)68-40(29(4)70)48(77)60-18-11-38-63-35(24-80-38)50-66-36(25-82-50)51-65-34(23-81-51)46(75)59-17-9-16-58-14-6-5-13-57-15-8-12-52/h7,10,19,23-25,27-29,31-33,40-41,57-58,61,70,72H,5-6,8-9,11-18,20-22,52-53H2,1-4H3,(H2,54,71)(H2,56,73)(H,59,75)(H,60,77)(H,62,76)(H,64,78)(H,68,74)(H2,55,67,69)/t27-,28+,29+,31-,32-,33-,40-,41-/m0/s1. The minimum absolute atomic E-state index is 0.00688. The van der Waals surface area contributed by atoms with Crippen LogP contribution >= 0.6 is 45.3 Å². The number of hydrogen-bond donors (Lipinski definition) is 15. The van der Waals surface area contributed by atoms with Crippen LogP contribution in [0.25, 0.3) is 21.4 Å². The average molecular weight is 1210 g/mol. The zero-order valence-electron chi connectivity index (χ0n) is 46.2. The molecule has 0 aliphatic rings. The molecule has 0 fully saturated rings. The molecule has 82 heavy (non-hydrogen) atoms. The van der Waals surface area contributed by atoms with Crippen LogP contribution in [0.5, 0.6) is 0 Å². The zero-order chi connectivity index (χ0) is 59.9. The van der Waals surface area contributed by atoms with Crippen molar-refractivity contribution in [1.29, 1.82) is 0 Å². The van der Waals surface area contributed by atoms with Gasteiger partial charge in [-0.15, -0.1) is 45.3 Å². The summed E-state index contributed by atoms with van der Waals surface area (Å²) in [6, 6.07) is -2.42. The molecule has 0 saturated carbocycles. The first kappa shape index (κ1) is 66.3. The van der Waals surface area contributed by atoms with Crippen LogP contribution in [0, 0.1) is 12.8 Å². The number of unbranched alkanes of at least 4 members (excludes halogenated alkanes) is 1. The Hall–Kier alpha value is -6.52. The number of anilines is 1. The molecule has 8 atom stereocenters. The van der Waals surface area contributed by atoms with Gasteiger partial charge in [0.1, 0.15) is 56.5 Å². The number of rotatable bonds is 37. The highest BCUT2D eigenvalue weighted by Gasteiger charge is 2.35. The maximum Gasteiger partial charge on any atom is 0.271 e. The molecule has 20 N–H and O–H groups in total. The number of aromatic nitrogens is 5. The monoisotopic (exact) mass is 1210 g/mol. The lowest BCUT2D eigenvalue weighted by molar-refractivity contribution is -0.136. The summed E-state index contributed by atoms with van der Waals surface area (Å²) in [6.07, 6.45) is 1.03. The minimum Gasteiger partial charge on any atom is -0.391 e. The van der Waals surface area contributed by atoms with Gasteiger partial charge in [0, 0.05) is 65.5 Å². The Kier molecular flexibility index (Phi) is 27.1. The number of nitrogens with two attached hydrogens (primary N) is 5. The minimum atomic E-state index is -1.52. The maximum atomic E-state index is 14.0. The fourth-order valence-corrected chi connectivity index (χ4v) is 11.1. The van der Waals surface area contributed by atoms with Crippen molar-refractivity contribution in [3.63, 3.8) is 0 Å². The average Bonchev–Trinajstić information content (AvgIpc) is 4.33. The Labute approximate surface area is 491 Å². The summed E-state index contributed by atoms with van der Waals surface area (Å²) < 4.78 is 0. The van der Waals surface area contributed by atoms with E-state index >= 15 is 0 Å². The van der Waals surface area contributed by atoms with E-state index in [9.17, 15) is 43.8 Å². The predicted molar refractivity (Wildman–Crippen MR) is 315 cm³/mol. The number of carbonyl (C=O) groups excluding carboxylic acids is 7. The van der Waals surface area contributed by atoms with E-state index in [-0.39, 0.29) is 54.7 Å². The number of aliphatic hydroxyl groups excluding tert-OH is 2. The van der Waals surface area contributed by atoms with Gasteiger partial charge in [-0.25, -0.2) is 24.9 Å². The van der Waals surface area contributed by atoms with Crippen LogP contribution in [0.4, 0.5) is 5.82 Å². The molecule has 5 aromatic heterocycles. The fraction of sp³-hybridized carbons (Fsp3) is 0.529. The first-order valence-electron chi connectivity index (χ1n) is 26.7. The smallest absolute Gasteiger partial charge is 0.271 e. The second-order valence-electron chi connectivity index (χ2n) is 19.4. The van der Waals surface area contributed by atoms with Gasteiger partial charge in [-0.3, -0.25) is 33.6 Å². The third-order valence-corrected chi connectivity index (χ3v) is 16.3.